The molecule has 4 nitrogen and oxygen atoms in total. The molecule has 0 saturated heterocycles. The fourth-order valence-electron chi connectivity index (χ4n) is 0.309. The zero-order valence-electron chi connectivity index (χ0n) is 5.86. The van der Waals surface area contributed by atoms with Crippen molar-refractivity contribution in [2.24, 2.45) is 0 Å². The van der Waals surface area contributed by atoms with Crippen LogP contribution in [0.4, 0.5) is 0 Å². The molecule has 6 heteroatoms. The van der Waals surface area contributed by atoms with Gasteiger partial charge in [-0.15, -0.1) is 0 Å². The van der Waals surface area contributed by atoms with Crippen molar-refractivity contribution < 1.29 is 13.2 Å². The van der Waals surface area contributed by atoms with Crippen LogP contribution >= 0.6 is 9.24 Å². The van der Waals surface area contributed by atoms with Gasteiger partial charge in [0.1, 0.15) is 5.75 Å². The van der Waals surface area contributed by atoms with E-state index in [0.717, 1.165) is 4.31 Å². The second-order valence-electron chi connectivity index (χ2n) is 2.00. The maximum Gasteiger partial charge on any atom is 0.221 e. The highest BCUT2D eigenvalue weighted by Crippen LogP contribution is 1.97. The van der Waals surface area contributed by atoms with Crippen molar-refractivity contribution >= 4 is 24.8 Å². The molecule has 0 aliphatic carbocycles. The fraction of sp³-hybridized carbons (Fsp3) is 0.750. The van der Waals surface area contributed by atoms with Gasteiger partial charge in [0.2, 0.25) is 10.0 Å². The van der Waals surface area contributed by atoms with E-state index in [0.29, 0.717) is 0 Å². The van der Waals surface area contributed by atoms with E-state index in [4.69, 9.17) is 0 Å². The number of carbonyl (C=O) groups is 1. The van der Waals surface area contributed by atoms with Gasteiger partial charge in [0, 0.05) is 14.1 Å². The fourth-order valence-corrected chi connectivity index (χ4v) is 1.56. The van der Waals surface area contributed by atoms with Crippen LogP contribution in [0, 0.1) is 0 Å². The molecule has 0 aromatic carbocycles. The number of hydrogen-bond acceptors (Lipinski definition) is 3. The lowest BCUT2D eigenvalue weighted by atomic mass is 10.9. The normalized spacial score (nSPS) is 12.0. The summed E-state index contributed by atoms with van der Waals surface area (Å²) >= 11 is 0. The minimum atomic E-state index is -3.33. The molecule has 60 valence electrons. The third-order valence-corrected chi connectivity index (χ3v) is 3.14. The highest BCUT2D eigenvalue weighted by molar-refractivity contribution is 7.90. The summed E-state index contributed by atoms with van der Waals surface area (Å²) in [6.45, 7) is 0. The summed E-state index contributed by atoms with van der Waals surface area (Å²) in [5, 5.41) is 0. The molecule has 1 unspecified atom stereocenters. The first kappa shape index (κ1) is 10.0. The van der Waals surface area contributed by atoms with Crippen LogP contribution in [0.25, 0.3) is 0 Å². The van der Waals surface area contributed by atoms with Crippen molar-refractivity contribution in [1.29, 1.82) is 0 Å². The largest absolute Gasteiger partial charge is 0.294 e. The van der Waals surface area contributed by atoms with Crippen molar-refractivity contribution in [1.82, 2.24) is 4.31 Å². The van der Waals surface area contributed by atoms with Gasteiger partial charge in [-0.05, 0) is 0 Å². The Kier molecular flexibility index (Phi) is 3.42. The molecular weight excluding hydrogens is 173 g/mol. The topological polar surface area (TPSA) is 54.5 Å². The maximum atomic E-state index is 10.8. The van der Waals surface area contributed by atoms with Crippen LogP contribution in [-0.2, 0) is 14.8 Å². The molecule has 0 aliphatic heterocycles. The van der Waals surface area contributed by atoms with Crippen LogP contribution in [0.2, 0.25) is 0 Å². The lowest BCUT2D eigenvalue weighted by molar-refractivity contribution is -0.109. The van der Waals surface area contributed by atoms with Gasteiger partial charge in [0.25, 0.3) is 0 Å². The second kappa shape index (κ2) is 3.42. The van der Waals surface area contributed by atoms with Gasteiger partial charge >= 0.3 is 0 Å². The van der Waals surface area contributed by atoms with E-state index in [1.807, 2.05) is 9.24 Å². The maximum absolute atomic E-state index is 10.8. The monoisotopic (exact) mass is 183 g/mol. The number of rotatable bonds is 3. The molecule has 10 heavy (non-hydrogen) atoms. The summed E-state index contributed by atoms with van der Waals surface area (Å²) in [5.41, 5.74) is -0.422. The van der Waals surface area contributed by atoms with Gasteiger partial charge in [0.15, 0.2) is 5.52 Å². The summed E-state index contributed by atoms with van der Waals surface area (Å²) in [5.74, 6) is -0.440. The lowest BCUT2D eigenvalue weighted by Crippen LogP contribution is -2.27. The lowest BCUT2D eigenvalue weighted by Gasteiger charge is -2.08. The molecule has 0 N–H and O–H groups in total. The van der Waals surface area contributed by atoms with E-state index >= 15 is 0 Å². The Hall–Kier alpha value is 0.01000. The van der Waals surface area contributed by atoms with Crippen LogP contribution in [-0.4, -0.2) is 38.1 Å². The average molecular weight is 183 g/mol. The van der Waals surface area contributed by atoms with E-state index in [1.54, 1.807) is 0 Å². The third kappa shape index (κ3) is 3.25. The van der Waals surface area contributed by atoms with Crippen molar-refractivity contribution in [2.75, 3.05) is 19.8 Å². The van der Waals surface area contributed by atoms with Crippen molar-refractivity contribution in [3.05, 3.63) is 0 Å². The summed E-state index contributed by atoms with van der Waals surface area (Å²) in [4.78, 5) is 10.3. The first-order valence-electron chi connectivity index (χ1n) is 2.55. The van der Waals surface area contributed by atoms with Crippen LogP contribution in [0.15, 0.2) is 0 Å². The van der Waals surface area contributed by atoms with E-state index < -0.39 is 21.3 Å². The minimum absolute atomic E-state index is 0.422. The van der Waals surface area contributed by atoms with Gasteiger partial charge < -0.3 is 0 Å². The summed E-state index contributed by atoms with van der Waals surface area (Å²) in [6.07, 6.45) is 0. The zero-order chi connectivity index (χ0) is 8.36. The van der Waals surface area contributed by atoms with Crippen molar-refractivity contribution in [3.63, 3.8) is 0 Å². The van der Waals surface area contributed by atoms with Crippen LogP contribution in [0.5, 0.6) is 0 Å². The standard InChI is InChI=1S/C4H10NO3PS/c1-5(2)10(7,8)3-4(6)9/h3,9H2,1-2H3. The molecule has 0 radical (unpaired) electrons. The van der Waals surface area contributed by atoms with Gasteiger partial charge in [-0.1, -0.05) is 9.24 Å². The zero-order valence-corrected chi connectivity index (χ0v) is 7.84. The molecule has 0 aromatic heterocycles. The molecule has 0 saturated carbocycles. The van der Waals surface area contributed by atoms with Gasteiger partial charge in [0.05, 0.1) is 0 Å². The Morgan fingerprint density at radius 2 is 1.90 bits per heavy atom. The number of nitrogens with zero attached hydrogens (tertiary/aromatic N) is 1. The Morgan fingerprint density at radius 1 is 1.50 bits per heavy atom. The van der Waals surface area contributed by atoms with E-state index in [9.17, 15) is 13.2 Å². The van der Waals surface area contributed by atoms with E-state index in [2.05, 4.69) is 0 Å². The second-order valence-corrected chi connectivity index (χ2v) is 4.83. The molecular formula is C4H10NO3PS. The Labute approximate surface area is 62.8 Å². The number of hydrogen-bond donors (Lipinski definition) is 0. The molecule has 0 aliphatic rings. The first-order valence-corrected chi connectivity index (χ1v) is 4.73. The highest BCUT2D eigenvalue weighted by Gasteiger charge is 2.15. The average Bonchev–Trinajstić information content (AvgIpc) is 1.60. The minimum Gasteiger partial charge on any atom is -0.294 e. The SMILES string of the molecule is CN(C)S(=O)(=O)CC(=O)P. The Bertz CT molecular complexity index is 221. The highest BCUT2D eigenvalue weighted by atomic mass is 32.2. The third-order valence-electron chi connectivity index (χ3n) is 0.881. The first-order chi connectivity index (χ1) is 4.36. The summed E-state index contributed by atoms with van der Waals surface area (Å²) in [7, 11) is 1.27. The van der Waals surface area contributed by atoms with Crippen molar-refractivity contribution in [3.8, 4) is 0 Å². The van der Waals surface area contributed by atoms with Gasteiger partial charge in [-0.3, -0.25) is 4.79 Å². The predicted molar refractivity (Wildman–Crippen MR) is 42.2 cm³/mol. The van der Waals surface area contributed by atoms with Gasteiger partial charge in [-0.25, -0.2) is 12.7 Å². The number of sulfonamides is 1. The van der Waals surface area contributed by atoms with Crippen LogP contribution < -0.4 is 0 Å². The number of carbonyl (C=O) groups excluding carboxylic acids is 1. The molecule has 0 amide bonds. The molecule has 0 fully saturated rings. The Morgan fingerprint density at radius 3 is 2.00 bits per heavy atom. The van der Waals surface area contributed by atoms with Gasteiger partial charge in [-0.2, -0.15) is 0 Å². The smallest absolute Gasteiger partial charge is 0.221 e. The predicted octanol–water partition coefficient (Wildman–Crippen LogP) is -0.720. The molecule has 0 rings (SSSR count). The van der Waals surface area contributed by atoms with E-state index in [-0.39, 0.29) is 0 Å². The molecule has 0 heterocycles. The summed E-state index contributed by atoms with van der Waals surface area (Å²) < 4.78 is 22.7. The molecule has 0 aromatic rings. The Balaban J connectivity index is 4.31. The quantitative estimate of drug-likeness (QED) is 0.542. The van der Waals surface area contributed by atoms with Crippen LogP contribution in [0.1, 0.15) is 0 Å². The van der Waals surface area contributed by atoms with Crippen molar-refractivity contribution in [2.45, 2.75) is 0 Å². The molecule has 0 bridgehead atoms. The summed E-state index contributed by atoms with van der Waals surface area (Å²) in [6, 6.07) is 0. The molecule has 0 spiro atoms. The van der Waals surface area contributed by atoms with E-state index in [1.165, 1.54) is 14.1 Å². The molecule has 1 atom stereocenters. The van der Waals surface area contributed by atoms with Crippen LogP contribution in [0.3, 0.4) is 0 Å².